The van der Waals surface area contributed by atoms with Gasteiger partial charge < -0.3 is 15.2 Å². The van der Waals surface area contributed by atoms with Crippen molar-refractivity contribution in [3.63, 3.8) is 0 Å². The van der Waals surface area contributed by atoms with Crippen LogP contribution in [-0.4, -0.2) is 25.5 Å². The lowest BCUT2D eigenvalue weighted by Gasteiger charge is -2.14. The Labute approximate surface area is 123 Å². The van der Waals surface area contributed by atoms with Gasteiger partial charge in [-0.3, -0.25) is 0 Å². The molecule has 1 aromatic carbocycles. The van der Waals surface area contributed by atoms with Gasteiger partial charge in [0.05, 0.1) is 18.8 Å². The fraction of sp³-hybridized carbons (Fsp3) is 0.600. The van der Waals surface area contributed by atoms with Crippen LogP contribution in [0.5, 0.6) is 5.75 Å². The lowest BCUT2D eigenvalue weighted by molar-refractivity contribution is -0.137. The first-order valence-corrected chi connectivity index (χ1v) is 6.94. The summed E-state index contributed by atoms with van der Waals surface area (Å²) in [5, 5.41) is 0. The van der Waals surface area contributed by atoms with E-state index < -0.39 is 12.6 Å². The summed E-state index contributed by atoms with van der Waals surface area (Å²) in [7, 11) is 0. The molecule has 0 bridgehead atoms. The Hall–Kier alpha value is -1.27. The van der Waals surface area contributed by atoms with Crippen molar-refractivity contribution in [3.05, 3.63) is 29.8 Å². The van der Waals surface area contributed by atoms with Crippen molar-refractivity contribution in [2.45, 2.75) is 45.0 Å². The van der Waals surface area contributed by atoms with Crippen LogP contribution in [0.3, 0.4) is 0 Å². The van der Waals surface area contributed by atoms with Crippen LogP contribution >= 0.6 is 0 Å². The molecule has 0 saturated heterocycles. The summed E-state index contributed by atoms with van der Waals surface area (Å²) in [6.07, 6.45) is -4.90. The zero-order valence-corrected chi connectivity index (χ0v) is 12.3. The van der Waals surface area contributed by atoms with Crippen molar-refractivity contribution in [1.29, 1.82) is 0 Å². The van der Waals surface area contributed by atoms with E-state index >= 15 is 0 Å². The molecule has 0 saturated carbocycles. The second-order valence-electron chi connectivity index (χ2n) is 5.14. The number of halogens is 3. The normalized spacial score (nSPS) is 13.5. The third-order valence-electron chi connectivity index (χ3n) is 2.73. The molecule has 21 heavy (non-hydrogen) atoms. The average Bonchev–Trinajstić information content (AvgIpc) is 2.37. The van der Waals surface area contributed by atoms with E-state index in [1.54, 1.807) is 0 Å². The SMILES string of the molecule is CC(C)Oc1ccc(C(N)COCCCC(F)(F)F)cc1. The van der Waals surface area contributed by atoms with E-state index in [0.29, 0.717) is 0 Å². The molecule has 0 heterocycles. The minimum Gasteiger partial charge on any atom is -0.491 e. The van der Waals surface area contributed by atoms with Gasteiger partial charge in [0, 0.05) is 13.0 Å². The Kier molecular flexibility index (Phi) is 6.98. The topological polar surface area (TPSA) is 44.5 Å². The molecule has 3 nitrogen and oxygen atoms in total. The molecule has 0 fully saturated rings. The molecule has 1 rings (SSSR count). The van der Waals surface area contributed by atoms with Crippen molar-refractivity contribution in [1.82, 2.24) is 0 Å². The Bertz CT molecular complexity index is 404. The molecule has 120 valence electrons. The third kappa shape index (κ3) is 7.92. The number of rotatable bonds is 8. The van der Waals surface area contributed by atoms with Crippen molar-refractivity contribution >= 4 is 0 Å². The molecular formula is C15H22F3NO2. The van der Waals surface area contributed by atoms with Crippen LogP contribution in [0.1, 0.15) is 38.3 Å². The first kappa shape index (κ1) is 17.8. The number of ether oxygens (including phenoxy) is 2. The van der Waals surface area contributed by atoms with Gasteiger partial charge in [-0.25, -0.2) is 0 Å². The van der Waals surface area contributed by atoms with Gasteiger partial charge in [0.25, 0.3) is 0 Å². The van der Waals surface area contributed by atoms with Crippen molar-refractivity contribution in [3.8, 4) is 5.75 Å². The van der Waals surface area contributed by atoms with Crippen molar-refractivity contribution < 1.29 is 22.6 Å². The van der Waals surface area contributed by atoms with Gasteiger partial charge in [-0.1, -0.05) is 12.1 Å². The first-order chi connectivity index (χ1) is 9.78. The van der Waals surface area contributed by atoms with E-state index in [4.69, 9.17) is 15.2 Å². The molecule has 0 aliphatic carbocycles. The van der Waals surface area contributed by atoms with Gasteiger partial charge >= 0.3 is 6.18 Å². The molecule has 0 spiro atoms. The number of nitrogens with two attached hydrogens (primary N) is 1. The maximum absolute atomic E-state index is 11.9. The van der Waals surface area contributed by atoms with Crippen LogP contribution in [0.15, 0.2) is 24.3 Å². The van der Waals surface area contributed by atoms with E-state index in [1.165, 1.54) is 0 Å². The summed E-state index contributed by atoms with van der Waals surface area (Å²) in [6.45, 7) is 4.13. The smallest absolute Gasteiger partial charge is 0.389 e. The maximum atomic E-state index is 11.9. The van der Waals surface area contributed by atoms with E-state index in [9.17, 15) is 13.2 Å². The molecule has 0 aliphatic rings. The average molecular weight is 305 g/mol. The summed E-state index contributed by atoms with van der Waals surface area (Å²) in [5.41, 5.74) is 6.79. The van der Waals surface area contributed by atoms with Gasteiger partial charge in [-0.05, 0) is 38.0 Å². The highest BCUT2D eigenvalue weighted by Crippen LogP contribution is 2.21. The summed E-state index contributed by atoms with van der Waals surface area (Å²) in [4.78, 5) is 0. The fourth-order valence-electron chi connectivity index (χ4n) is 1.75. The van der Waals surface area contributed by atoms with Crippen LogP contribution in [-0.2, 0) is 4.74 Å². The Morgan fingerprint density at radius 2 is 1.76 bits per heavy atom. The molecular weight excluding hydrogens is 283 g/mol. The zero-order chi connectivity index (χ0) is 15.9. The van der Waals surface area contributed by atoms with Gasteiger partial charge in [-0.2, -0.15) is 13.2 Å². The van der Waals surface area contributed by atoms with Crippen LogP contribution in [0.25, 0.3) is 0 Å². The second-order valence-corrected chi connectivity index (χ2v) is 5.14. The highest BCUT2D eigenvalue weighted by molar-refractivity contribution is 5.29. The van der Waals surface area contributed by atoms with E-state index in [-0.39, 0.29) is 31.8 Å². The number of hydrogen-bond acceptors (Lipinski definition) is 3. The Morgan fingerprint density at radius 1 is 1.14 bits per heavy atom. The number of hydrogen-bond donors (Lipinski definition) is 1. The third-order valence-corrected chi connectivity index (χ3v) is 2.73. The number of benzene rings is 1. The van der Waals surface area contributed by atoms with Crippen molar-refractivity contribution in [2.75, 3.05) is 13.2 Å². The van der Waals surface area contributed by atoms with Crippen LogP contribution in [0, 0.1) is 0 Å². The van der Waals surface area contributed by atoms with E-state index in [0.717, 1.165) is 11.3 Å². The summed E-state index contributed by atoms with van der Waals surface area (Å²) in [6, 6.07) is 6.95. The van der Waals surface area contributed by atoms with Crippen LogP contribution in [0.2, 0.25) is 0 Å². The first-order valence-electron chi connectivity index (χ1n) is 6.94. The molecule has 0 radical (unpaired) electrons. The second kappa shape index (κ2) is 8.24. The fourth-order valence-corrected chi connectivity index (χ4v) is 1.75. The van der Waals surface area contributed by atoms with Gasteiger partial charge in [0.15, 0.2) is 0 Å². The van der Waals surface area contributed by atoms with Crippen molar-refractivity contribution in [2.24, 2.45) is 5.73 Å². The van der Waals surface area contributed by atoms with Gasteiger partial charge in [-0.15, -0.1) is 0 Å². The quantitative estimate of drug-likeness (QED) is 0.742. The molecule has 0 aliphatic heterocycles. The molecule has 1 aromatic rings. The monoisotopic (exact) mass is 305 g/mol. The van der Waals surface area contributed by atoms with Crippen LogP contribution < -0.4 is 10.5 Å². The molecule has 0 aromatic heterocycles. The summed E-state index contributed by atoms with van der Waals surface area (Å²) in [5.74, 6) is 0.757. The Balaban J connectivity index is 2.30. The molecule has 0 amide bonds. The minimum absolute atomic E-state index is 0.0443. The lowest BCUT2D eigenvalue weighted by Crippen LogP contribution is -2.18. The highest BCUT2D eigenvalue weighted by Gasteiger charge is 2.25. The van der Waals surface area contributed by atoms with Gasteiger partial charge in [0.2, 0.25) is 0 Å². The summed E-state index contributed by atoms with van der Waals surface area (Å²) >= 11 is 0. The predicted molar refractivity (Wildman–Crippen MR) is 75.2 cm³/mol. The van der Waals surface area contributed by atoms with E-state index in [2.05, 4.69) is 0 Å². The zero-order valence-electron chi connectivity index (χ0n) is 12.3. The Morgan fingerprint density at radius 3 is 2.29 bits per heavy atom. The molecule has 1 atom stereocenters. The maximum Gasteiger partial charge on any atom is 0.389 e. The lowest BCUT2D eigenvalue weighted by atomic mass is 10.1. The predicted octanol–water partition coefficient (Wildman–Crippen LogP) is 3.83. The van der Waals surface area contributed by atoms with E-state index in [1.807, 2.05) is 38.1 Å². The minimum atomic E-state index is -4.13. The largest absolute Gasteiger partial charge is 0.491 e. The molecule has 2 N–H and O–H groups in total. The standard InChI is InChI=1S/C15H22F3NO2/c1-11(2)21-13-6-4-12(5-7-13)14(19)10-20-9-3-8-15(16,17)18/h4-7,11,14H,3,8-10,19H2,1-2H3. The van der Waals surface area contributed by atoms with Crippen LogP contribution in [0.4, 0.5) is 13.2 Å². The summed E-state index contributed by atoms with van der Waals surface area (Å²) < 4.78 is 46.5. The number of alkyl halides is 3. The van der Waals surface area contributed by atoms with Gasteiger partial charge in [0.1, 0.15) is 5.75 Å². The highest BCUT2D eigenvalue weighted by atomic mass is 19.4. The molecule has 6 heteroatoms. The molecule has 1 unspecified atom stereocenters.